The van der Waals surface area contributed by atoms with E-state index in [2.05, 4.69) is 12.2 Å². The summed E-state index contributed by atoms with van der Waals surface area (Å²) in [6.45, 7) is 2.76. The Balaban J connectivity index is 2.06. The average molecular weight is 255 g/mol. The predicted molar refractivity (Wildman–Crippen MR) is 70.2 cm³/mol. The monoisotopic (exact) mass is 255 g/mol. The Bertz CT molecular complexity index is 274. The molecule has 4 heteroatoms. The van der Waals surface area contributed by atoms with E-state index in [0.29, 0.717) is 31.2 Å². The summed E-state index contributed by atoms with van der Waals surface area (Å²) in [5.41, 5.74) is 0. The molecule has 18 heavy (non-hydrogen) atoms. The Kier molecular flexibility index (Phi) is 6.76. The quantitative estimate of drug-likeness (QED) is 0.665. The van der Waals surface area contributed by atoms with Crippen LogP contribution in [0.3, 0.4) is 0 Å². The van der Waals surface area contributed by atoms with Gasteiger partial charge >= 0.3 is 5.97 Å². The molecule has 0 heterocycles. The van der Waals surface area contributed by atoms with Gasteiger partial charge in [-0.15, -0.1) is 0 Å². The van der Waals surface area contributed by atoms with Crippen LogP contribution in [0.1, 0.15) is 58.3 Å². The summed E-state index contributed by atoms with van der Waals surface area (Å²) >= 11 is 0. The second-order valence-electron chi connectivity index (χ2n) is 5.35. The molecule has 0 aromatic rings. The molecular weight excluding hydrogens is 230 g/mol. The lowest BCUT2D eigenvalue weighted by Crippen LogP contribution is -2.29. The van der Waals surface area contributed by atoms with Crippen molar-refractivity contribution in [2.45, 2.75) is 58.3 Å². The zero-order chi connectivity index (χ0) is 13.4. The van der Waals surface area contributed by atoms with E-state index in [9.17, 15) is 9.59 Å². The number of hydrogen-bond donors (Lipinski definition) is 2. The maximum atomic E-state index is 11.6. The van der Waals surface area contributed by atoms with Crippen molar-refractivity contribution in [1.29, 1.82) is 0 Å². The van der Waals surface area contributed by atoms with Crippen LogP contribution in [0.25, 0.3) is 0 Å². The van der Waals surface area contributed by atoms with Crippen molar-refractivity contribution < 1.29 is 14.7 Å². The third kappa shape index (κ3) is 6.03. The van der Waals surface area contributed by atoms with Gasteiger partial charge < -0.3 is 10.4 Å². The van der Waals surface area contributed by atoms with E-state index < -0.39 is 5.97 Å². The smallest absolute Gasteiger partial charge is 0.303 e. The third-order valence-corrected chi connectivity index (χ3v) is 3.92. The van der Waals surface area contributed by atoms with E-state index in [1.165, 1.54) is 19.3 Å². The Morgan fingerprint density at radius 3 is 2.56 bits per heavy atom. The first kappa shape index (κ1) is 15.0. The van der Waals surface area contributed by atoms with Crippen molar-refractivity contribution in [1.82, 2.24) is 5.32 Å². The molecule has 0 aromatic carbocycles. The highest BCUT2D eigenvalue weighted by Gasteiger charge is 2.20. The molecule has 104 valence electrons. The number of aliphatic carboxylic acids is 1. The molecule has 1 unspecified atom stereocenters. The molecule has 1 rings (SSSR count). The molecule has 0 saturated heterocycles. The van der Waals surface area contributed by atoms with Crippen molar-refractivity contribution in [3.8, 4) is 0 Å². The van der Waals surface area contributed by atoms with E-state index >= 15 is 0 Å². The van der Waals surface area contributed by atoms with Crippen LogP contribution in [0, 0.1) is 11.8 Å². The lowest BCUT2D eigenvalue weighted by molar-refractivity contribution is -0.137. The minimum Gasteiger partial charge on any atom is -0.481 e. The molecule has 0 aromatic heterocycles. The Morgan fingerprint density at radius 1 is 1.33 bits per heavy atom. The summed E-state index contributed by atoms with van der Waals surface area (Å²) < 4.78 is 0. The molecule has 0 bridgehead atoms. The van der Waals surface area contributed by atoms with Gasteiger partial charge in [0.25, 0.3) is 0 Å². The standard InChI is InChI=1S/C14H25NO3/c1-2-11(6-7-14(17)18)8-9-15-13(16)10-12-4-3-5-12/h11-12H,2-10H2,1H3,(H,15,16)(H,17,18). The van der Waals surface area contributed by atoms with Crippen LogP contribution in [0.5, 0.6) is 0 Å². The fraction of sp³-hybridized carbons (Fsp3) is 0.857. The number of rotatable bonds is 9. The van der Waals surface area contributed by atoms with Gasteiger partial charge in [-0.25, -0.2) is 0 Å². The maximum absolute atomic E-state index is 11.6. The van der Waals surface area contributed by atoms with Gasteiger partial charge in [-0.1, -0.05) is 19.8 Å². The summed E-state index contributed by atoms with van der Waals surface area (Å²) in [6.07, 6.45) is 7.15. The topological polar surface area (TPSA) is 66.4 Å². The molecule has 1 saturated carbocycles. The average Bonchev–Trinajstić information content (AvgIpc) is 2.28. The van der Waals surface area contributed by atoms with Gasteiger partial charge in [-0.05, 0) is 37.5 Å². The summed E-state index contributed by atoms with van der Waals surface area (Å²) in [7, 11) is 0. The van der Waals surface area contributed by atoms with Gasteiger partial charge in [-0.2, -0.15) is 0 Å². The van der Waals surface area contributed by atoms with Crippen molar-refractivity contribution in [2.75, 3.05) is 6.54 Å². The first-order valence-corrected chi connectivity index (χ1v) is 7.10. The van der Waals surface area contributed by atoms with Crippen LogP contribution in [0.4, 0.5) is 0 Å². The zero-order valence-electron chi connectivity index (χ0n) is 11.3. The molecule has 0 aliphatic heterocycles. The molecule has 1 atom stereocenters. The number of nitrogens with one attached hydrogen (secondary N) is 1. The number of carbonyl (C=O) groups excluding carboxylic acids is 1. The fourth-order valence-corrected chi connectivity index (χ4v) is 2.33. The van der Waals surface area contributed by atoms with Crippen LogP contribution in [0.2, 0.25) is 0 Å². The minimum absolute atomic E-state index is 0.160. The summed E-state index contributed by atoms with van der Waals surface area (Å²) in [4.78, 5) is 22.1. The van der Waals surface area contributed by atoms with Crippen LogP contribution in [0.15, 0.2) is 0 Å². The lowest BCUT2D eigenvalue weighted by atomic mass is 9.83. The minimum atomic E-state index is -0.734. The van der Waals surface area contributed by atoms with Gasteiger partial charge in [-0.3, -0.25) is 9.59 Å². The number of amides is 1. The Hall–Kier alpha value is -1.06. The molecule has 4 nitrogen and oxygen atoms in total. The van der Waals surface area contributed by atoms with Crippen molar-refractivity contribution in [3.05, 3.63) is 0 Å². The Morgan fingerprint density at radius 2 is 2.06 bits per heavy atom. The summed E-state index contributed by atoms with van der Waals surface area (Å²) in [6, 6.07) is 0. The van der Waals surface area contributed by atoms with Gasteiger partial charge in [0, 0.05) is 19.4 Å². The highest BCUT2D eigenvalue weighted by Crippen LogP contribution is 2.29. The summed E-state index contributed by atoms with van der Waals surface area (Å²) in [5, 5.41) is 11.6. The van der Waals surface area contributed by atoms with Crippen LogP contribution in [-0.4, -0.2) is 23.5 Å². The summed E-state index contributed by atoms with van der Waals surface area (Å²) in [5.74, 6) is 0.444. The number of carboxylic acid groups (broad SMARTS) is 1. The molecular formula is C14H25NO3. The van der Waals surface area contributed by atoms with Crippen molar-refractivity contribution >= 4 is 11.9 Å². The van der Waals surface area contributed by atoms with Crippen LogP contribution >= 0.6 is 0 Å². The largest absolute Gasteiger partial charge is 0.481 e. The number of carboxylic acids is 1. The SMILES string of the molecule is CCC(CCNC(=O)CC1CCC1)CCC(=O)O. The lowest BCUT2D eigenvalue weighted by Gasteiger charge is -2.24. The van der Waals surface area contributed by atoms with E-state index in [1.54, 1.807) is 0 Å². The van der Waals surface area contributed by atoms with Crippen LogP contribution < -0.4 is 5.32 Å². The molecule has 1 amide bonds. The van der Waals surface area contributed by atoms with Gasteiger partial charge in [0.05, 0.1) is 0 Å². The highest BCUT2D eigenvalue weighted by atomic mass is 16.4. The molecule has 0 radical (unpaired) electrons. The first-order chi connectivity index (χ1) is 8.61. The third-order valence-electron chi connectivity index (χ3n) is 3.92. The fourth-order valence-electron chi connectivity index (χ4n) is 2.33. The number of hydrogen-bond acceptors (Lipinski definition) is 2. The van der Waals surface area contributed by atoms with E-state index in [0.717, 1.165) is 12.8 Å². The van der Waals surface area contributed by atoms with Gasteiger partial charge in [0.1, 0.15) is 0 Å². The molecule has 1 aliphatic rings. The predicted octanol–water partition coefficient (Wildman–Crippen LogP) is 2.57. The van der Waals surface area contributed by atoms with Crippen molar-refractivity contribution in [3.63, 3.8) is 0 Å². The normalized spacial score (nSPS) is 16.9. The van der Waals surface area contributed by atoms with Crippen molar-refractivity contribution in [2.24, 2.45) is 11.8 Å². The van der Waals surface area contributed by atoms with Crippen LogP contribution in [-0.2, 0) is 9.59 Å². The maximum Gasteiger partial charge on any atom is 0.303 e. The first-order valence-electron chi connectivity index (χ1n) is 7.10. The van der Waals surface area contributed by atoms with E-state index in [-0.39, 0.29) is 12.3 Å². The van der Waals surface area contributed by atoms with Gasteiger partial charge in [0.2, 0.25) is 5.91 Å². The highest BCUT2D eigenvalue weighted by molar-refractivity contribution is 5.76. The molecule has 1 fully saturated rings. The second kappa shape index (κ2) is 8.11. The molecule has 2 N–H and O–H groups in total. The van der Waals surface area contributed by atoms with Gasteiger partial charge in [0.15, 0.2) is 0 Å². The van der Waals surface area contributed by atoms with E-state index in [1.807, 2.05) is 0 Å². The molecule has 1 aliphatic carbocycles. The Labute approximate surface area is 109 Å². The zero-order valence-corrected chi connectivity index (χ0v) is 11.3. The molecule has 0 spiro atoms. The second-order valence-corrected chi connectivity index (χ2v) is 5.35. The number of carbonyl (C=O) groups is 2. The van der Waals surface area contributed by atoms with E-state index in [4.69, 9.17) is 5.11 Å².